The first-order chi connectivity index (χ1) is 7.33. The lowest BCUT2D eigenvalue weighted by molar-refractivity contribution is -0.121. The molecule has 1 atom stereocenters. The van der Waals surface area contributed by atoms with E-state index >= 15 is 0 Å². The first-order valence-corrected chi connectivity index (χ1v) is 5.94. The van der Waals surface area contributed by atoms with Crippen LogP contribution in [0.2, 0.25) is 0 Å². The van der Waals surface area contributed by atoms with Crippen LogP contribution in [0.15, 0.2) is 12.7 Å². The molecule has 0 saturated carbocycles. The summed E-state index contributed by atoms with van der Waals surface area (Å²) in [5.74, 6) is 0.171. The maximum absolute atomic E-state index is 11.4. The predicted molar refractivity (Wildman–Crippen MR) is 62.7 cm³/mol. The number of hydrogen-bond donors (Lipinski definition) is 2. The number of rotatable bonds is 6. The summed E-state index contributed by atoms with van der Waals surface area (Å²) in [5.41, 5.74) is 0. The van der Waals surface area contributed by atoms with Crippen molar-refractivity contribution in [3.8, 4) is 0 Å². The van der Waals surface area contributed by atoms with Crippen LogP contribution in [0.5, 0.6) is 0 Å². The second-order valence-corrected chi connectivity index (χ2v) is 4.11. The third kappa shape index (κ3) is 5.57. The number of hydrogen-bond acceptors (Lipinski definition) is 2. The van der Waals surface area contributed by atoms with E-state index in [-0.39, 0.29) is 5.91 Å². The molecule has 0 radical (unpaired) electrons. The predicted octanol–water partition coefficient (Wildman–Crippen LogP) is 1.60. The third-order valence-corrected chi connectivity index (χ3v) is 2.80. The van der Waals surface area contributed by atoms with Gasteiger partial charge < -0.3 is 10.6 Å². The molecule has 2 N–H and O–H groups in total. The van der Waals surface area contributed by atoms with E-state index in [1.807, 2.05) is 6.08 Å². The van der Waals surface area contributed by atoms with Crippen LogP contribution in [0.3, 0.4) is 0 Å². The summed E-state index contributed by atoms with van der Waals surface area (Å²) in [6.45, 7) is 5.45. The SMILES string of the molecule is C=CCCNC(=O)CCC1CCCCN1. The van der Waals surface area contributed by atoms with Crippen LogP contribution < -0.4 is 10.6 Å². The van der Waals surface area contributed by atoms with Gasteiger partial charge in [-0.1, -0.05) is 12.5 Å². The minimum atomic E-state index is 0.171. The van der Waals surface area contributed by atoms with Gasteiger partial charge in [0.25, 0.3) is 0 Å². The number of carbonyl (C=O) groups is 1. The van der Waals surface area contributed by atoms with Gasteiger partial charge in [-0.05, 0) is 32.2 Å². The molecule has 1 aliphatic heterocycles. The molecule has 15 heavy (non-hydrogen) atoms. The molecule has 0 bridgehead atoms. The van der Waals surface area contributed by atoms with Crippen LogP contribution in [0.25, 0.3) is 0 Å². The molecule has 0 aromatic carbocycles. The van der Waals surface area contributed by atoms with Gasteiger partial charge in [0.1, 0.15) is 0 Å². The minimum absolute atomic E-state index is 0.171. The van der Waals surface area contributed by atoms with E-state index in [0.29, 0.717) is 12.5 Å². The van der Waals surface area contributed by atoms with Crippen molar-refractivity contribution in [3.63, 3.8) is 0 Å². The van der Waals surface area contributed by atoms with E-state index in [0.717, 1.165) is 25.9 Å². The topological polar surface area (TPSA) is 41.1 Å². The smallest absolute Gasteiger partial charge is 0.220 e. The van der Waals surface area contributed by atoms with Crippen molar-refractivity contribution in [3.05, 3.63) is 12.7 Å². The molecule has 0 aromatic rings. The number of amides is 1. The second kappa shape index (κ2) is 7.46. The van der Waals surface area contributed by atoms with Crippen molar-refractivity contribution in [1.82, 2.24) is 10.6 Å². The van der Waals surface area contributed by atoms with Gasteiger partial charge in [0.2, 0.25) is 5.91 Å². The molecule has 0 spiro atoms. The Morgan fingerprint density at radius 3 is 3.07 bits per heavy atom. The Balaban J connectivity index is 2.02. The van der Waals surface area contributed by atoms with Gasteiger partial charge in [-0.15, -0.1) is 6.58 Å². The molecule has 0 aromatic heterocycles. The Morgan fingerprint density at radius 1 is 1.53 bits per heavy atom. The summed E-state index contributed by atoms with van der Waals surface area (Å²) < 4.78 is 0. The fourth-order valence-corrected chi connectivity index (χ4v) is 1.88. The summed E-state index contributed by atoms with van der Waals surface area (Å²) in [6.07, 6.45) is 8.10. The quantitative estimate of drug-likeness (QED) is 0.516. The Labute approximate surface area is 92.3 Å². The molecule has 1 fully saturated rings. The van der Waals surface area contributed by atoms with E-state index in [1.54, 1.807) is 0 Å². The number of carbonyl (C=O) groups excluding carboxylic acids is 1. The van der Waals surface area contributed by atoms with Crippen LogP contribution in [0.1, 0.15) is 38.5 Å². The van der Waals surface area contributed by atoms with Gasteiger partial charge >= 0.3 is 0 Å². The zero-order chi connectivity index (χ0) is 10.9. The Morgan fingerprint density at radius 2 is 2.40 bits per heavy atom. The summed E-state index contributed by atoms with van der Waals surface area (Å²) >= 11 is 0. The first-order valence-electron chi connectivity index (χ1n) is 5.94. The highest BCUT2D eigenvalue weighted by Crippen LogP contribution is 2.11. The van der Waals surface area contributed by atoms with Crippen molar-refractivity contribution in [2.24, 2.45) is 0 Å². The largest absolute Gasteiger partial charge is 0.356 e. The van der Waals surface area contributed by atoms with Crippen molar-refractivity contribution in [2.45, 2.75) is 44.6 Å². The highest BCUT2D eigenvalue weighted by molar-refractivity contribution is 5.75. The maximum atomic E-state index is 11.4. The van der Waals surface area contributed by atoms with Crippen molar-refractivity contribution >= 4 is 5.91 Å². The standard InChI is InChI=1S/C12H22N2O/c1-2-3-9-14-12(15)8-7-11-6-4-5-10-13-11/h2,11,13H,1,3-10H2,(H,14,15). The molecular weight excluding hydrogens is 188 g/mol. The molecule has 1 unspecified atom stereocenters. The molecule has 1 heterocycles. The van der Waals surface area contributed by atoms with Gasteiger partial charge in [0.15, 0.2) is 0 Å². The molecule has 1 aliphatic rings. The zero-order valence-corrected chi connectivity index (χ0v) is 9.43. The van der Waals surface area contributed by atoms with E-state index in [4.69, 9.17) is 0 Å². The summed E-state index contributed by atoms with van der Waals surface area (Å²) in [6, 6.07) is 0.559. The highest BCUT2D eigenvalue weighted by Gasteiger charge is 2.13. The average molecular weight is 210 g/mol. The minimum Gasteiger partial charge on any atom is -0.356 e. The van der Waals surface area contributed by atoms with Crippen LogP contribution in [0.4, 0.5) is 0 Å². The van der Waals surface area contributed by atoms with Crippen LogP contribution in [-0.2, 0) is 4.79 Å². The van der Waals surface area contributed by atoms with Crippen molar-refractivity contribution < 1.29 is 4.79 Å². The van der Waals surface area contributed by atoms with E-state index in [2.05, 4.69) is 17.2 Å². The lowest BCUT2D eigenvalue weighted by Gasteiger charge is -2.22. The fourth-order valence-electron chi connectivity index (χ4n) is 1.88. The fraction of sp³-hybridized carbons (Fsp3) is 0.750. The highest BCUT2D eigenvalue weighted by atomic mass is 16.1. The molecule has 3 heteroatoms. The normalized spacial score (nSPS) is 20.9. The van der Waals surface area contributed by atoms with Gasteiger partial charge in [-0.3, -0.25) is 4.79 Å². The van der Waals surface area contributed by atoms with Gasteiger partial charge in [0, 0.05) is 19.0 Å². The summed E-state index contributed by atoms with van der Waals surface area (Å²) in [5, 5.41) is 6.33. The number of piperidine rings is 1. The maximum Gasteiger partial charge on any atom is 0.220 e. The Hall–Kier alpha value is -0.830. The first kappa shape index (κ1) is 12.2. The molecule has 1 amide bonds. The van der Waals surface area contributed by atoms with E-state index < -0.39 is 0 Å². The van der Waals surface area contributed by atoms with Gasteiger partial charge in [-0.2, -0.15) is 0 Å². The number of nitrogens with one attached hydrogen (secondary N) is 2. The van der Waals surface area contributed by atoms with Gasteiger partial charge in [0.05, 0.1) is 0 Å². The lowest BCUT2D eigenvalue weighted by atomic mass is 10.0. The van der Waals surface area contributed by atoms with Gasteiger partial charge in [-0.25, -0.2) is 0 Å². The molecule has 1 saturated heterocycles. The molecular formula is C12H22N2O. The van der Waals surface area contributed by atoms with E-state index in [9.17, 15) is 4.79 Å². The molecule has 86 valence electrons. The second-order valence-electron chi connectivity index (χ2n) is 4.11. The zero-order valence-electron chi connectivity index (χ0n) is 9.43. The Kier molecular flexibility index (Phi) is 6.09. The van der Waals surface area contributed by atoms with Crippen LogP contribution >= 0.6 is 0 Å². The summed E-state index contributed by atoms with van der Waals surface area (Å²) in [4.78, 5) is 11.4. The van der Waals surface area contributed by atoms with Crippen molar-refractivity contribution in [2.75, 3.05) is 13.1 Å². The molecule has 3 nitrogen and oxygen atoms in total. The molecule has 0 aliphatic carbocycles. The monoisotopic (exact) mass is 210 g/mol. The third-order valence-electron chi connectivity index (χ3n) is 2.80. The average Bonchev–Trinajstić information content (AvgIpc) is 2.28. The summed E-state index contributed by atoms with van der Waals surface area (Å²) in [7, 11) is 0. The Bertz CT molecular complexity index is 198. The molecule has 1 rings (SSSR count). The van der Waals surface area contributed by atoms with Crippen LogP contribution in [-0.4, -0.2) is 25.0 Å². The van der Waals surface area contributed by atoms with E-state index in [1.165, 1.54) is 19.3 Å². The van der Waals surface area contributed by atoms with Crippen molar-refractivity contribution in [1.29, 1.82) is 0 Å². The van der Waals surface area contributed by atoms with Crippen LogP contribution in [0, 0.1) is 0 Å². The lowest BCUT2D eigenvalue weighted by Crippen LogP contribution is -2.35.